The fourth-order valence-electron chi connectivity index (χ4n) is 4.84. The Hall–Kier alpha value is -4.03. The molecule has 1 aliphatic rings. The summed E-state index contributed by atoms with van der Waals surface area (Å²) in [5.74, 6) is -2.37. The van der Waals surface area contributed by atoms with E-state index >= 15 is 0 Å². The van der Waals surface area contributed by atoms with Gasteiger partial charge in [-0.2, -0.15) is 18.2 Å². The number of aromatic nitrogens is 3. The van der Waals surface area contributed by atoms with Crippen molar-refractivity contribution in [1.82, 2.24) is 20.2 Å². The van der Waals surface area contributed by atoms with Gasteiger partial charge >= 0.3 is 12.1 Å². The van der Waals surface area contributed by atoms with Crippen LogP contribution in [-0.4, -0.2) is 56.0 Å². The average Bonchev–Trinajstić information content (AvgIpc) is 3.57. The van der Waals surface area contributed by atoms with Crippen LogP contribution in [0.15, 0.2) is 57.6 Å². The molecular formula is C27H25F3N4O5. The highest BCUT2D eigenvalue weighted by Crippen LogP contribution is 2.43. The second kappa shape index (κ2) is 10.6. The van der Waals surface area contributed by atoms with Gasteiger partial charge in [-0.15, -0.1) is 0 Å². The smallest absolute Gasteiger partial charge is 0.422 e. The van der Waals surface area contributed by atoms with E-state index in [-0.39, 0.29) is 23.6 Å². The van der Waals surface area contributed by atoms with Crippen molar-refractivity contribution >= 4 is 5.97 Å². The lowest BCUT2D eigenvalue weighted by Gasteiger charge is -2.32. The molecule has 0 spiro atoms. The molecule has 12 heteroatoms. The average molecular weight is 543 g/mol. The van der Waals surface area contributed by atoms with Gasteiger partial charge in [0.25, 0.3) is 5.89 Å². The number of carboxylic acids is 1. The number of aliphatic hydroxyl groups excluding tert-OH is 1. The number of benzene rings is 2. The highest BCUT2D eigenvalue weighted by atomic mass is 19.4. The highest BCUT2D eigenvalue weighted by Gasteiger charge is 2.43. The summed E-state index contributed by atoms with van der Waals surface area (Å²) in [4.78, 5) is 17.4. The van der Waals surface area contributed by atoms with E-state index in [2.05, 4.69) is 15.3 Å². The van der Waals surface area contributed by atoms with Crippen molar-refractivity contribution < 1.29 is 37.2 Å². The fourth-order valence-corrected chi connectivity index (χ4v) is 4.84. The Morgan fingerprint density at radius 3 is 2.62 bits per heavy atom. The molecule has 1 unspecified atom stereocenters. The van der Waals surface area contributed by atoms with Crippen molar-refractivity contribution in [2.24, 2.45) is 5.92 Å². The van der Waals surface area contributed by atoms with E-state index in [9.17, 15) is 28.2 Å². The summed E-state index contributed by atoms with van der Waals surface area (Å²) < 4.78 is 52.2. The normalized spacial score (nSPS) is 17.3. The first-order valence-corrected chi connectivity index (χ1v) is 12.3. The van der Waals surface area contributed by atoms with Crippen molar-refractivity contribution in [3.8, 4) is 34.3 Å². The zero-order chi connectivity index (χ0) is 27.7. The maximum absolute atomic E-state index is 14.0. The van der Waals surface area contributed by atoms with E-state index in [1.165, 1.54) is 12.1 Å². The minimum absolute atomic E-state index is 0.0506. The summed E-state index contributed by atoms with van der Waals surface area (Å²) in [6.45, 7) is 3.12. The number of nitrogens with zero attached hydrogens (tertiary/aromatic N) is 4. The predicted octanol–water partition coefficient (Wildman–Crippen LogP) is 5.22. The van der Waals surface area contributed by atoms with E-state index in [0.717, 1.165) is 6.42 Å². The van der Waals surface area contributed by atoms with Crippen molar-refractivity contribution in [3.63, 3.8) is 0 Å². The molecule has 2 aromatic heterocycles. The van der Waals surface area contributed by atoms with Gasteiger partial charge in [0.15, 0.2) is 0 Å². The predicted molar refractivity (Wildman–Crippen MR) is 132 cm³/mol. The van der Waals surface area contributed by atoms with Crippen molar-refractivity contribution in [2.45, 2.75) is 32.0 Å². The number of rotatable bonds is 7. The zero-order valence-corrected chi connectivity index (χ0v) is 20.9. The summed E-state index contributed by atoms with van der Waals surface area (Å²) in [6, 6.07) is 12.9. The van der Waals surface area contributed by atoms with Gasteiger partial charge in [0.2, 0.25) is 11.6 Å². The molecule has 2 aromatic carbocycles. The van der Waals surface area contributed by atoms with E-state index < -0.39 is 41.4 Å². The van der Waals surface area contributed by atoms with Crippen molar-refractivity contribution in [2.75, 3.05) is 19.6 Å². The maximum atomic E-state index is 14.0. The molecule has 0 aliphatic carbocycles. The monoisotopic (exact) mass is 542 g/mol. The molecule has 5 rings (SSSR count). The number of hydrogen-bond acceptors (Lipinski definition) is 8. The van der Waals surface area contributed by atoms with Gasteiger partial charge in [0, 0.05) is 24.2 Å². The van der Waals surface area contributed by atoms with E-state index in [1.54, 1.807) is 43.3 Å². The summed E-state index contributed by atoms with van der Waals surface area (Å²) >= 11 is 0. The topological polar surface area (TPSA) is 126 Å². The summed E-state index contributed by atoms with van der Waals surface area (Å²) in [5.41, 5.74) is 0.519. The molecule has 0 bridgehead atoms. The molecule has 9 nitrogen and oxygen atoms in total. The lowest BCUT2D eigenvalue weighted by molar-refractivity contribution is -0.143. The Balaban J connectivity index is 1.38. The molecule has 2 atom stereocenters. The van der Waals surface area contributed by atoms with Crippen LogP contribution in [0, 0.1) is 12.8 Å². The lowest BCUT2D eigenvalue weighted by Crippen LogP contribution is -2.40. The van der Waals surface area contributed by atoms with Gasteiger partial charge in [-0.25, -0.2) is 0 Å². The largest absolute Gasteiger partial charge is 0.481 e. The van der Waals surface area contributed by atoms with Crippen LogP contribution in [0.3, 0.4) is 0 Å². The second-order valence-electron chi connectivity index (χ2n) is 9.55. The van der Waals surface area contributed by atoms with E-state index in [0.29, 0.717) is 36.2 Å². The molecule has 204 valence electrons. The molecule has 1 fully saturated rings. The summed E-state index contributed by atoms with van der Waals surface area (Å²) in [6.07, 6.45) is -4.28. The first-order valence-electron chi connectivity index (χ1n) is 12.3. The number of aryl methyl sites for hydroxylation is 1. The van der Waals surface area contributed by atoms with Gasteiger partial charge in [-0.1, -0.05) is 58.8 Å². The maximum Gasteiger partial charge on any atom is 0.422 e. The molecule has 0 saturated carbocycles. The summed E-state index contributed by atoms with van der Waals surface area (Å²) in [5, 5.41) is 27.6. The van der Waals surface area contributed by atoms with Crippen LogP contribution >= 0.6 is 0 Å². The van der Waals surface area contributed by atoms with Crippen LogP contribution in [0.1, 0.15) is 35.6 Å². The number of hydrogen-bond donors (Lipinski definition) is 2. The van der Waals surface area contributed by atoms with Crippen molar-refractivity contribution in [1.29, 1.82) is 0 Å². The van der Waals surface area contributed by atoms with Gasteiger partial charge in [0.05, 0.1) is 12.0 Å². The molecule has 1 aliphatic heterocycles. The Labute approximate surface area is 220 Å². The molecule has 2 N–H and O–H groups in total. The lowest BCUT2D eigenvalue weighted by atomic mass is 9.96. The minimum Gasteiger partial charge on any atom is -0.481 e. The van der Waals surface area contributed by atoms with Crippen molar-refractivity contribution in [3.05, 3.63) is 65.2 Å². The van der Waals surface area contributed by atoms with E-state index in [1.807, 2.05) is 4.90 Å². The number of aliphatic hydroxyl groups is 1. The Morgan fingerprint density at radius 2 is 1.92 bits per heavy atom. The van der Waals surface area contributed by atoms with Crippen LogP contribution in [0.5, 0.6) is 0 Å². The zero-order valence-electron chi connectivity index (χ0n) is 20.9. The van der Waals surface area contributed by atoms with E-state index in [4.69, 9.17) is 9.05 Å². The molecular weight excluding hydrogens is 517 g/mol. The van der Waals surface area contributed by atoms with Crippen LogP contribution < -0.4 is 0 Å². The second-order valence-corrected chi connectivity index (χ2v) is 9.55. The number of alkyl halides is 3. The van der Waals surface area contributed by atoms with Crippen LogP contribution in [-0.2, 0) is 11.0 Å². The molecule has 0 amide bonds. The third-order valence-corrected chi connectivity index (χ3v) is 6.81. The number of likely N-dealkylation sites (tertiary alicyclic amines) is 1. The number of carboxylic acid groups (broad SMARTS) is 1. The molecule has 1 saturated heterocycles. The third kappa shape index (κ3) is 5.57. The first kappa shape index (κ1) is 26.6. The summed E-state index contributed by atoms with van der Waals surface area (Å²) in [7, 11) is 0. The first-order chi connectivity index (χ1) is 18.6. The molecule has 4 aromatic rings. The van der Waals surface area contributed by atoms with Crippen LogP contribution in [0.4, 0.5) is 13.2 Å². The standard InChI is InChI=1S/C27H25F3N4O5/c1-15-12-17(20(35)14-34-11-5-8-18(13-34)26(36)37)9-10-19(15)24-31-25(39-33-24)23-21(27(28,29)30)22(32-38-23)16-6-3-2-4-7-16/h2-4,6-7,9-10,12,18,20,35H,5,8,11,13-14H2,1H3,(H,36,37)/t18-,20?/m0/s1. The van der Waals surface area contributed by atoms with Gasteiger partial charge in [-0.05, 0) is 37.4 Å². The van der Waals surface area contributed by atoms with Crippen LogP contribution in [0.2, 0.25) is 0 Å². The molecule has 0 radical (unpaired) electrons. The number of halogens is 3. The Bertz CT molecular complexity index is 1470. The Morgan fingerprint density at radius 1 is 1.15 bits per heavy atom. The molecule has 3 heterocycles. The fraction of sp³-hybridized carbons (Fsp3) is 0.333. The number of β-amino-alcohol motifs (C(OH)–C–C–N with tert-alkyl or cyclic N) is 1. The van der Waals surface area contributed by atoms with Crippen LogP contribution in [0.25, 0.3) is 34.3 Å². The van der Waals surface area contributed by atoms with Gasteiger partial charge in [0.1, 0.15) is 11.3 Å². The number of aliphatic carboxylic acids is 1. The third-order valence-electron chi connectivity index (χ3n) is 6.81. The minimum atomic E-state index is -4.79. The number of piperidine rings is 1. The Kier molecular flexibility index (Phi) is 7.23. The van der Waals surface area contributed by atoms with Gasteiger partial charge < -0.3 is 19.3 Å². The quantitative estimate of drug-likeness (QED) is 0.323. The SMILES string of the molecule is Cc1cc(C(O)CN2CCC[C@H](C(=O)O)C2)ccc1-c1noc(-c2onc(-c3ccccc3)c2C(F)(F)F)n1. The number of carbonyl (C=O) groups is 1. The highest BCUT2D eigenvalue weighted by molar-refractivity contribution is 5.71. The van der Waals surface area contributed by atoms with Gasteiger partial charge in [-0.3, -0.25) is 9.69 Å². The molecule has 39 heavy (non-hydrogen) atoms.